The van der Waals surface area contributed by atoms with Crippen LogP contribution in [0.25, 0.3) is 0 Å². The molecule has 2 rings (SSSR count). The van der Waals surface area contributed by atoms with Gasteiger partial charge in [-0.25, -0.2) is 18.2 Å². The first-order chi connectivity index (χ1) is 11.0. The lowest BCUT2D eigenvalue weighted by Crippen LogP contribution is -2.41. The predicted octanol–water partition coefficient (Wildman–Crippen LogP) is 2.90. The summed E-state index contributed by atoms with van der Waals surface area (Å²) < 4.78 is 39.3. The summed E-state index contributed by atoms with van der Waals surface area (Å²) in [6.45, 7) is -0.343. The SMILES string of the molecule is I.NC(=NCC(=O)Nc1ccc(F)c(F)c1F)NC1CCCCC1. The minimum atomic E-state index is -1.63. The van der Waals surface area contributed by atoms with Crippen molar-refractivity contribution in [3.8, 4) is 0 Å². The molecule has 0 spiro atoms. The average molecular weight is 456 g/mol. The number of benzene rings is 1. The van der Waals surface area contributed by atoms with Crippen LogP contribution in [0.15, 0.2) is 17.1 Å². The molecule has 24 heavy (non-hydrogen) atoms. The molecule has 1 fully saturated rings. The molecule has 1 saturated carbocycles. The first-order valence-electron chi connectivity index (χ1n) is 7.47. The molecule has 1 aromatic carbocycles. The van der Waals surface area contributed by atoms with Crippen LogP contribution in [0.2, 0.25) is 0 Å². The van der Waals surface area contributed by atoms with E-state index < -0.39 is 29.0 Å². The molecule has 9 heteroatoms. The van der Waals surface area contributed by atoms with Gasteiger partial charge < -0.3 is 16.4 Å². The molecule has 0 aromatic heterocycles. The summed E-state index contributed by atoms with van der Waals surface area (Å²) in [7, 11) is 0. The Bertz CT molecular complexity index is 607. The summed E-state index contributed by atoms with van der Waals surface area (Å²) in [5.74, 6) is -4.94. The Morgan fingerprint density at radius 3 is 2.50 bits per heavy atom. The number of nitrogens with one attached hydrogen (secondary N) is 2. The van der Waals surface area contributed by atoms with Gasteiger partial charge in [-0.15, -0.1) is 24.0 Å². The Labute approximate surface area is 155 Å². The molecule has 1 aromatic rings. The highest BCUT2D eigenvalue weighted by atomic mass is 127. The Morgan fingerprint density at radius 2 is 1.83 bits per heavy atom. The second-order valence-electron chi connectivity index (χ2n) is 5.45. The maximum Gasteiger partial charge on any atom is 0.246 e. The van der Waals surface area contributed by atoms with E-state index >= 15 is 0 Å². The summed E-state index contributed by atoms with van der Waals surface area (Å²) in [5, 5.41) is 5.16. The predicted molar refractivity (Wildman–Crippen MR) is 96.9 cm³/mol. The zero-order valence-electron chi connectivity index (χ0n) is 12.9. The number of nitrogens with zero attached hydrogens (tertiary/aromatic N) is 1. The Balaban J connectivity index is 0.00000288. The van der Waals surface area contributed by atoms with Crippen molar-refractivity contribution in [2.75, 3.05) is 11.9 Å². The number of nitrogens with two attached hydrogens (primary N) is 1. The topological polar surface area (TPSA) is 79.5 Å². The fourth-order valence-corrected chi connectivity index (χ4v) is 2.47. The molecule has 1 aliphatic carbocycles. The van der Waals surface area contributed by atoms with Gasteiger partial charge in [0.1, 0.15) is 6.54 Å². The number of amides is 1. The van der Waals surface area contributed by atoms with Gasteiger partial charge in [0.05, 0.1) is 5.69 Å². The lowest BCUT2D eigenvalue weighted by molar-refractivity contribution is -0.114. The van der Waals surface area contributed by atoms with Gasteiger partial charge in [-0.2, -0.15) is 0 Å². The van der Waals surface area contributed by atoms with Crippen molar-refractivity contribution >= 4 is 41.5 Å². The van der Waals surface area contributed by atoms with Crippen LogP contribution in [0.3, 0.4) is 0 Å². The summed E-state index contributed by atoms with van der Waals surface area (Å²) in [5.41, 5.74) is 5.25. The van der Waals surface area contributed by atoms with Crippen molar-refractivity contribution in [1.82, 2.24) is 5.32 Å². The van der Waals surface area contributed by atoms with Gasteiger partial charge in [0.2, 0.25) is 5.91 Å². The third-order valence-corrected chi connectivity index (χ3v) is 3.66. The molecular weight excluding hydrogens is 436 g/mol. The summed E-state index contributed by atoms with van der Waals surface area (Å²) in [4.78, 5) is 15.5. The minimum Gasteiger partial charge on any atom is -0.370 e. The van der Waals surface area contributed by atoms with Crippen molar-refractivity contribution in [3.63, 3.8) is 0 Å². The molecule has 0 heterocycles. The molecule has 1 aliphatic rings. The van der Waals surface area contributed by atoms with Crippen LogP contribution in [-0.2, 0) is 4.79 Å². The summed E-state index contributed by atoms with van der Waals surface area (Å²) in [6.07, 6.45) is 5.46. The number of aliphatic imine (C=N–C) groups is 1. The lowest BCUT2D eigenvalue weighted by atomic mass is 9.96. The first kappa shape index (κ1) is 20.5. The van der Waals surface area contributed by atoms with Crippen LogP contribution >= 0.6 is 24.0 Å². The van der Waals surface area contributed by atoms with Crippen molar-refractivity contribution in [1.29, 1.82) is 0 Å². The zero-order valence-corrected chi connectivity index (χ0v) is 15.3. The average Bonchev–Trinajstić information content (AvgIpc) is 2.54. The molecule has 4 N–H and O–H groups in total. The number of rotatable bonds is 4. The van der Waals surface area contributed by atoms with E-state index in [1.54, 1.807) is 0 Å². The highest BCUT2D eigenvalue weighted by Gasteiger charge is 2.16. The van der Waals surface area contributed by atoms with E-state index in [1.807, 2.05) is 0 Å². The smallest absolute Gasteiger partial charge is 0.246 e. The van der Waals surface area contributed by atoms with Gasteiger partial charge in [0.25, 0.3) is 0 Å². The first-order valence-corrected chi connectivity index (χ1v) is 7.47. The van der Waals surface area contributed by atoms with Crippen LogP contribution in [0.5, 0.6) is 0 Å². The summed E-state index contributed by atoms with van der Waals surface area (Å²) in [6, 6.07) is 1.93. The van der Waals surface area contributed by atoms with E-state index in [1.165, 1.54) is 6.42 Å². The van der Waals surface area contributed by atoms with Crippen molar-refractivity contribution < 1.29 is 18.0 Å². The molecular formula is C15H20F3IN4O. The van der Waals surface area contributed by atoms with Gasteiger partial charge in [0, 0.05) is 6.04 Å². The van der Waals surface area contributed by atoms with E-state index in [4.69, 9.17) is 5.73 Å². The molecule has 0 aliphatic heterocycles. The number of hydrogen-bond donors (Lipinski definition) is 3. The molecule has 0 atom stereocenters. The van der Waals surface area contributed by atoms with Crippen LogP contribution in [0, 0.1) is 17.5 Å². The Kier molecular flexibility index (Phi) is 8.29. The van der Waals surface area contributed by atoms with Gasteiger partial charge in [-0.1, -0.05) is 19.3 Å². The van der Waals surface area contributed by atoms with Crippen molar-refractivity contribution in [2.45, 2.75) is 38.1 Å². The van der Waals surface area contributed by atoms with E-state index in [9.17, 15) is 18.0 Å². The molecule has 1 amide bonds. The summed E-state index contributed by atoms with van der Waals surface area (Å²) >= 11 is 0. The van der Waals surface area contributed by atoms with Gasteiger partial charge in [-0.05, 0) is 25.0 Å². The van der Waals surface area contributed by atoms with E-state index in [0.29, 0.717) is 0 Å². The van der Waals surface area contributed by atoms with Crippen molar-refractivity contribution in [3.05, 3.63) is 29.6 Å². The normalized spacial score (nSPS) is 15.5. The highest BCUT2D eigenvalue weighted by Crippen LogP contribution is 2.19. The third-order valence-electron chi connectivity index (χ3n) is 3.66. The molecule has 0 unspecified atom stereocenters. The van der Waals surface area contributed by atoms with Gasteiger partial charge >= 0.3 is 0 Å². The maximum atomic E-state index is 13.4. The standard InChI is InChI=1S/C15H19F3N4O.HI/c16-10-6-7-11(14(18)13(10)17)22-12(23)8-20-15(19)21-9-4-2-1-3-5-9;/h6-7,9H,1-5,8H2,(H,22,23)(H3,19,20,21);1H. The monoisotopic (exact) mass is 456 g/mol. The zero-order chi connectivity index (χ0) is 16.8. The molecule has 0 saturated heterocycles. The number of carbonyl (C=O) groups is 1. The van der Waals surface area contributed by atoms with Crippen molar-refractivity contribution in [2.24, 2.45) is 10.7 Å². The largest absolute Gasteiger partial charge is 0.370 e. The van der Waals surface area contributed by atoms with Crippen LogP contribution in [0.1, 0.15) is 32.1 Å². The second kappa shape index (κ2) is 9.70. The number of anilines is 1. The van der Waals surface area contributed by atoms with E-state index in [-0.39, 0.29) is 42.5 Å². The lowest BCUT2D eigenvalue weighted by Gasteiger charge is -2.23. The van der Waals surface area contributed by atoms with Gasteiger partial charge in [0.15, 0.2) is 23.4 Å². The molecule has 0 bridgehead atoms. The highest BCUT2D eigenvalue weighted by molar-refractivity contribution is 14.0. The molecule has 134 valence electrons. The maximum absolute atomic E-state index is 13.4. The van der Waals surface area contributed by atoms with Gasteiger partial charge in [-0.3, -0.25) is 4.79 Å². The second-order valence-corrected chi connectivity index (χ2v) is 5.45. The fraction of sp³-hybridized carbons (Fsp3) is 0.467. The number of carbonyl (C=O) groups excluding carboxylic acids is 1. The van der Waals surface area contributed by atoms with E-state index in [2.05, 4.69) is 15.6 Å². The number of hydrogen-bond acceptors (Lipinski definition) is 2. The Morgan fingerprint density at radius 1 is 1.17 bits per heavy atom. The molecule has 5 nitrogen and oxygen atoms in total. The van der Waals surface area contributed by atoms with Crippen LogP contribution in [-0.4, -0.2) is 24.5 Å². The number of halogens is 4. The Hall–Kier alpha value is -1.52. The third kappa shape index (κ3) is 5.84. The quantitative estimate of drug-likeness (QED) is 0.282. The van der Waals surface area contributed by atoms with Crippen LogP contribution < -0.4 is 16.4 Å². The minimum absolute atomic E-state index is 0. The number of guanidine groups is 1. The fourth-order valence-electron chi connectivity index (χ4n) is 2.47. The molecule has 0 radical (unpaired) electrons. The van der Waals surface area contributed by atoms with E-state index in [0.717, 1.165) is 37.8 Å². The van der Waals surface area contributed by atoms with Crippen LogP contribution in [0.4, 0.5) is 18.9 Å².